The predicted octanol–water partition coefficient (Wildman–Crippen LogP) is -1.12. The number of rotatable bonds is 5. The van der Waals surface area contributed by atoms with E-state index in [-0.39, 0.29) is 24.6 Å². The van der Waals surface area contributed by atoms with Crippen molar-refractivity contribution in [3.8, 4) is 0 Å². The molecule has 1 aliphatic heterocycles. The van der Waals surface area contributed by atoms with E-state index in [1.165, 1.54) is 4.31 Å². The molecule has 3 N–H and O–H groups in total. The lowest BCUT2D eigenvalue weighted by Crippen LogP contribution is -2.36. The molecule has 1 aliphatic rings. The Morgan fingerprint density at radius 2 is 2.06 bits per heavy atom. The molecule has 0 saturated carbocycles. The number of hydrogen-bond acceptors (Lipinski definition) is 4. The van der Waals surface area contributed by atoms with Gasteiger partial charge in [-0.2, -0.15) is 4.31 Å². The second-order valence-electron chi connectivity index (χ2n) is 3.81. The predicted molar refractivity (Wildman–Crippen MR) is 61.3 cm³/mol. The standard InChI is InChI=1S/C9H19N3O3S/c10-4-1-2-8-16(14,15)12-6-3-9(13)11-5-7-12/h1-8,10H2,(H,11,13). The van der Waals surface area contributed by atoms with Crippen LogP contribution < -0.4 is 11.1 Å². The summed E-state index contributed by atoms with van der Waals surface area (Å²) < 4.78 is 25.1. The second kappa shape index (κ2) is 6.17. The van der Waals surface area contributed by atoms with Crippen molar-refractivity contribution in [2.45, 2.75) is 19.3 Å². The Balaban J connectivity index is 2.50. The lowest BCUT2D eigenvalue weighted by atomic mass is 10.3. The lowest BCUT2D eigenvalue weighted by Gasteiger charge is -2.18. The van der Waals surface area contributed by atoms with Gasteiger partial charge >= 0.3 is 0 Å². The zero-order valence-electron chi connectivity index (χ0n) is 9.31. The molecule has 1 amide bonds. The average Bonchev–Trinajstić information content (AvgIpc) is 2.43. The number of carbonyl (C=O) groups excluding carboxylic acids is 1. The Hall–Kier alpha value is -0.660. The molecule has 0 radical (unpaired) electrons. The van der Waals surface area contributed by atoms with Gasteiger partial charge in [-0.15, -0.1) is 0 Å². The van der Waals surface area contributed by atoms with E-state index in [0.29, 0.717) is 32.5 Å². The first kappa shape index (κ1) is 13.4. The number of amides is 1. The van der Waals surface area contributed by atoms with Crippen LogP contribution in [0.15, 0.2) is 0 Å². The molecule has 0 aromatic carbocycles. The summed E-state index contributed by atoms with van der Waals surface area (Å²) in [5.41, 5.74) is 5.32. The zero-order chi connectivity index (χ0) is 12.0. The van der Waals surface area contributed by atoms with E-state index in [2.05, 4.69) is 5.32 Å². The monoisotopic (exact) mass is 249 g/mol. The van der Waals surface area contributed by atoms with Gasteiger partial charge in [-0.05, 0) is 19.4 Å². The molecule has 0 spiro atoms. The number of hydrogen-bond donors (Lipinski definition) is 2. The van der Waals surface area contributed by atoms with Crippen LogP contribution in [0.5, 0.6) is 0 Å². The van der Waals surface area contributed by atoms with Crippen LogP contribution >= 0.6 is 0 Å². The number of nitrogens with one attached hydrogen (secondary N) is 1. The van der Waals surface area contributed by atoms with Crippen LogP contribution in [-0.4, -0.2) is 50.6 Å². The maximum atomic E-state index is 11.9. The van der Waals surface area contributed by atoms with Crippen molar-refractivity contribution in [1.29, 1.82) is 0 Å². The molecule has 94 valence electrons. The van der Waals surface area contributed by atoms with Gasteiger partial charge in [-0.1, -0.05) is 0 Å². The maximum Gasteiger partial charge on any atom is 0.221 e. The Labute approximate surface area is 96.2 Å². The third-order valence-electron chi connectivity index (χ3n) is 2.52. The van der Waals surface area contributed by atoms with Crippen LogP contribution in [0.3, 0.4) is 0 Å². The minimum absolute atomic E-state index is 0.0836. The molecule has 1 fully saturated rings. The van der Waals surface area contributed by atoms with Crippen LogP contribution in [0, 0.1) is 0 Å². The van der Waals surface area contributed by atoms with Crippen molar-refractivity contribution >= 4 is 15.9 Å². The van der Waals surface area contributed by atoms with Crippen LogP contribution in [0.2, 0.25) is 0 Å². The molecular formula is C9H19N3O3S. The molecule has 1 saturated heterocycles. The maximum absolute atomic E-state index is 11.9. The fourth-order valence-corrected chi connectivity index (χ4v) is 3.15. The number of carbonyl (C=O) groups is 1. The minimum Gasteiger partial charge on any atom is -0.355 e. The third kappa shape index (κ3) is 4.07. The molecule has 6 nitrogen and oxygen atoms in total. The summed E-state index contributed by atoms with van der Waals surface area (Å²) >= 11 is 0. The molecule has 0 aromatic heterocycles. The molecule has 0 aliphatic carbocycles. The van der Waals surface area contributed by atoms with E-state index >= 15 is 0 Å². The van der Waals surface area contributed by atoms with Gasteiger partial charge < -0.3 is 11.1 Å². The summed E-state index contributed by atoms with van der Waals surface area (Å²) in [7, 11) is -3.22. The van der Waals surface area contributed by atoms with Gasteiger partial charge in [0.2, 0.25) is 15.9 Å². The quantitative estimate of drug-likeness (QED) is 0.603. The Bertz CT molecular complexity index is 329. The van der Waals surface area contributed by atoms with Crippen molar-refractivity contribution in [3.63, 3.8) is 0 Å². The minimum atomic E-state index is -3.22. The molecular weight excluding hydrogens is 230 g/mol. The van der Waals surface area contributed by atoms with Gasteiger partial charge in [0.15, 0.2) is 0 Å². The smallest absolute Gasteiger partial charge is 0.221 e. The summed E-state index contributed by atoms with van der Waals surface area (Å²) in [6.07, 6.45) is 1.54. The van der Waals surface area contributed by atoms with E-state index < -0.39 is 10.0 Å². The van der Waals surface area contributed by atoms with Crippen LogP contribution in [0.1, 0.15) is 19.3 Å². The first-order chi connectivity index (χ1) is 7.56. The van der Waals surface area contributed by atoms with Crippen LogP contribution in [-0.2, 0) is 14.8 Å². The van der Waals surface area contributed by atoms with E-state index in [0.717, 1.165) is 0 Å². The number of sulfonamides is 1. The Morgan fingerprint density at radius 1 is 1.31 bits per heavy atom. The van der Waals surface area contributed by atoms with E-state index in [4.69, 9.17) is 5.73 Å². The SMILES string of the molecule is NCCCCS(=O)(=O)N1CCNC(=O)CC1. The molecule has 0 bridgehead atoms. The molecule has 7 heteroatoms. The fraction of sp³-hybridized carbons (Fsp3) is 0.889. The fourth-order valence-electron chi connectivity index (χ4n) is 1.58. The lowest BCUT2D eigenvalue weighted by molar-refractivity contribution is -0.120. The van der Waals surface area contributed by atoms with Gasteiger partial charge in [0.25, 0.3) is 0 Å². The highest BCUT2D eigenvalue weighted by molar-refractivity contribution is 7.89. The van der Waals surface area contributed by atoms with E-state index in [9.17, 15) is 13.2 Å². The van der Waals surface area contributed by atoms with Gasteiger partial charge in [0.05, 0.1) is 5.75 Å². The topological polar surface area (TPSA) is 92.5 Å². The van der Waals surface area contributed by atoms with Gasteiger partial charge in [0, 0.05) is 26.1 Å². The first-order valence-electron chi connectivity index (χ1n) is 5.51. The van der Waals surface area contributed by atoms with Crippen molar-refractivity contribution in [3.05, 3.63) is 0 Å². The summed E-state index contributed by atoms with van der Waals surface area (Å²) in [5.74, 6) is 0.0398. The number of nitrogens with two attached hydrogens (primary N) is 1. The average molecular weight is 249 g/mol. The largest absolute Gasteiger partial charge is 0.355 e. The third-order valence-corrected chi connectivity index (χ3v) is 4.48. The van der Waals surface area contributed by atoms with Gasteiger partial charge in [0.1, 0.15) is 0 Å². The molecule has 0 aromatic rings. The highest BCUT2D eigenvalue weighted by Crippen LogP contribution is 2.07. The van der Waals surface area contributed by atoms with Gasteiger partial charge in [-0.25, -0.2) is 8.42 Å². The summed E-state index contributed by atoms with van der Waals surface area (Å²) in [4.78, 5) is 11.1. The number of nitrogens with zero attached hydrogens (tertiary/aromatic N) is 1. The van der Waals surface area contributed by atoms with Crippen molar-refractivity contribution in [2.75, 3.05) is 31.9 Å². The zero-order valence-corrected chi connectivity index (χ0v) is 10.1. The second-order valence-corrected chi connectivity index (χ2v) is 5.90. The highest BCUT2D eigenvalue weighted by Gasteiger charge is 2.24. The van der Waals surface area contributed by atoms with E-state index in [1.807, 2.05) is 0 Å². The van der Waals surface area contributed by atoms with Crippen molar-refractivity contribution < 1.29 is 13.2 Å². The summed E-state index contributed by atoms with van der Waals surface area (Å²) in [5, 5.41) is 2.65. The van der Waals surface area contributed by atoms with Gasteiger partial charge in [-0.3, -0.25) is 4.79 Å². The van der Waals surface area contributed by atoms with Crippen LogP contribution in [0.4, 0.5) is 0 Å². The molecule has 0 unspecified atom stereocenters. The number of unbranched alkanes of at least 4 members (excludes halogenated alkanes) is 1. The Morgan fingerprint density at radius 3 is 2.75 bits per heavy atom. The summed E-state index contributed by atoms with van der Waals surface area (Å²) in [6.45, 7) is 1.57. The van der Waals surface area contributed by atoms with Crippen LogP contribution in [0.25, 0.3) is 0 Å². The molecule has 1 rings (SSSR count). The molecule has 0 atom stereocenters. The van der Waals surface area contributed by atoms with Crippen molar-refractivity contribution in [1.82, 2.24) is 9.62 Å². The first-order valence-corrected chi connectivity index (χ1v) is 7.12. The highest BCUT2D eigenvalue weighted by atomic mass is 32.2. The van der Waals surface area contributed by atoms with Crippen molar-refractivity contribution in [2.24, 2.45) is 5.73 Å². The molecule has 16 heavy (non-hydrogen) atoms. The normalized spacial score (nSPS) is 19.2. The molecule has 1 heterocycles. The summed E-state index contributed by atoms with van der Waals surface area (Å²) in [6, 6.07) is 0. The van der Waals surface area contributed by atoms with E-state index in [1.54, 1.807) is 0 Å². The Kier molecular flexibility index (Phi) is 5.17.